The summed E-state index contributed by atoms with van der Waals surface area (Å²) in [7, 11) is 0. The number of hydrogen-bond donors (Lipinski definition) is 0. The first kappa shape index (κ1) is 11.4. The van der Waals surface area contributed by atoms with Gasteiger partial charge >= 0.3 is 0 Å². The third-order valence-corrected chi connectivity index (χ3v) is 3.62. The summed E-state index contributed by atoms with van der Waals surface area (Å²) in [5, 5.41) is 9.94. The summed E-state index contributed by atoms with van der Waals surface area (Å²) in [4.78, 5) is 0. The van der Waals surface area contributed by atoms with Crippen LogP contribution in [-0.2, 0) is 10.2 Å². The molecule has 16 heavy (non-hydrogen) atoms. The van der Waals surface area contributed by atoms with Gasteiger partial charge in [0.05, 0.1) is 30.6 Å². The topological polar surface area (TPSA) is 33.0 Å². The van der Waals surface area contributed by atoms with E-state index in [0.717, 1.165) is 17.0 Å². The molecule has 0 radical (unpaired) electrons. The van der Waals surface area contributed by atoms with Crippen molar-refractivity contribution < 1.29 is 4.74 Å². The minimum absolute atomic E-state index is 0.0161. The van der Waals surface area contributed by atoms with Gasteiger partial charge < -0.3 is 4.74 Å². The maximum Gasteiger partial charge on any atom is 0.0666 e. The van der Waals surface area contributed by atoms with Crippen molar-refractivity contribution in [3.8, 4) is 6.07 Å². The predicted molar refractivity (Wildman–Crippen MR) is 63.3 cm³/mol. The molecule has 1 fully saturated rings. The van der Waals surface area contributed by atoms with Crippen molar-refractivity contribution in [3.05, 3.63) is 34.9 Å². The van der Waals surface area contributed by atoms with E-state index in [2.05, 4.69) is 6.07 Å². The monoisotopic (exact) mass is 235 g/mol. The van der Waals surface area contributed by atoms with E-state index in [0.29, 0.717) is 13.2 Å². The van der Waals surface area contributed by atoms with E-state index in [1.54, 1.807) is 0 Å². The van der Waals surface area contributed by atoms with Gasteiger partial charge in [-0.25, -0.2) is 0 Å². The molecule has 1 aromatic rings. The van der Waals surface area contributed by atoms with Gasteiger partial charge in [0.1, 0.15) is 0 Å². The van der Waals surface area contributed by atoms with Crippen LogP contribution >= 0.6 is 11.6 Å². The zero-order valence-corrected chi connectivity index (χ0v) is 10.00. The molecule has 1 unspecified atom stereocenters. The van der Waals surface area contributed by atoms with Crippen LogP contribution in [0.1, 0.15) is 18.9 Å². The predicted octanol–water partition coefficient (Wildman–Crippen LogP) is 3.16. The molecule has 1 aliphatic rings. The lowest BCUT2D eigenvalue weighted by Gasteiger charge is -2.45. The molecule has 0 bridgehead atoms. The summed E-state index contributed by atoms with van der Waals surface area (Å²) in [5.41, 5.74) is 1.05. The Morgan fingerprint density at radius 1 is 1.44 bits per heavy atom. The number of halogens is 1. The van der Waals surface area contributed by atoms with Crippen LogP contribution in [0, 0.1) is 17.2 Å². The lowest BCUT2D eigenvalue weighted by molar-refractivity contribution is -0.0804. The highest BCUT2D eigenvalue weighted by Gasteiger charge is 2.46. The van der Waals surface area contributed by atoms with Gasteiger partial charge in [-0.1, -0.05) is 30.7 Å². The third kappa shape index (κ3) is 1.71. The Kier molecular flexibility index (Phi) is 3.18. The quantitative estimate of drug-likeness (QED) is 0.806. The molecule has 2 nitrogen and oxygen atoms in total. The smallest absolute Gasteiger partial charge is 0.0666 e. The fourth-order valence-electron chi connectivity index (χ4n) is 2.28. The van der Waals surface area contributed by atoms with Crippen molar-refractivity contribution in [1.29, 1.82) is 5.26 Å². The van der Waals surface area contributed by atoms with Crippen LogP contribution in [0.15, 0.2) is 24.3 Å². The number of hydrogen-bond acceptors (Lipinski definition) is 2. The minimum Gasteiger partial charge on any atom is -0.379 e. The molecule has 3 heteroatoms. The van der Waals surface area contributed by atoms with Gasteiger partial charge in [0.2, 0.25) is 0 Å². The van der Waals surface area contributed by atoms with Crippen molar-refractivity contribution in [2.45, 2.75) is 18.8 Å². The second-order valence-corrected chi connectivity index (χ2v) is 4.68. The molecule has 2 rings (SSSR count). The van der Waals surface area contributed by atoms with Crippen molar-refractivity contribution in [2.24, 2.45) is 5.92 Å². The minimum atomic E-state index is -0.117. The fourth-order valence-corrected chi connectivity index (χ4v) is 2.40. The van der Waals surface area contributed by atoms with Gasteiger partial charge in [-0.3, -0.25) is 0 Å². The lowest BCUT2D eigenvalue weighted by Crippen LogP contribution is -2.51. The molecule has 1 aromatic carbocycles. The zero-order valence-electron chi connectivity index (χ0n) is 9.24. The van der Waals surface area contributed by atoms with Gasteiger partial charge in [-0.15, -0.1) is 0 Å². The summed E-state index contributed by atoms with van der Waals surface area (Å²) >= 11 is 5.87. The Labute approximate surface area is 101 Å². The Balaban J connectivity index is 2.35. The molecule has 1 aliphatic heterocycles. The molecule has 1 atom stereocenters. The van der Waals surface area contributed by atoms with E-state index in [-0.39, 0.29) is 11.3 Å². The molecule has 0 amide bonds. The van der Waals surface area contributed by atoms with Gasteiger partial charge in [-0.2, -0.15) is 5.26 Å². The van der Waals surface area contributed by atoms with E-state index in [1.807, 2.05) is 31.2 Å². The summed E-state index contributed by atoms with van der Waals surface area (Å²) in [6, 6.07) is 10.2. The summed E-state index contributed by atoms with van der Waals surface area (Å²) in [5.74, 6) is 0.0161. The normalized spacial score (nSPS) is 19.6. The highest BCUT2D eigenvalue weighted by molar-refractivity contribution is 6.30. The van der Waals surface area contributed by atoms with Crippen LogP contribution < -0.4 is 0 Å². The van der Waals surface area contributed by atoms with Crippen LogP contribution in [0.2, 0.25) is 5.02 Å². The zero-order chi connectivity index (χ0) is 11.6. The molecule has 0 spiro atoms. The maximum atomic E-state index is 9.21. The standard InChI is InChI=1S/C13H14ClNO/c1-2-10(7-15)13(8-16-9-13)11-3-5-12(14)6-4-11/h3-6,10H,2,8-9H2,1H3. The highest BCUT2D eigenvalue weighted by Crippen LogP contribution is 2.41. The number of benzene rings is 1. The van der Waals surface area contributed by atoms with Gasteiger partial charge in [0, 0.05) is 5.02 Å². The first-order valence-corrected chi connectivity index (χ1v) is 5.84. The van der Waals surface area contributed by atoms with Crippen molar-refractivity contribution in [3.63, 3.8) is 0 Å². The molecule has 84 valence electrons. The first-order valence-electron chi connectivity index (χ1n) is 5.46. The van der Waals surface area contributed by atoms with E-state index >= 15 is 0 Å². The van der Waals surface area contributed by atoms with E-state index in [1.165, 1.54) is 0 Å². The Morgan fingerprint density at radius 2 is 2.06 bits per heavy atom. The molecule has 1 saturated heterocycles. The van der Waals surface area contributed by atoms with E-state index in [9.17, 15) is 5.26 Å². The average molecular weight is 236 g/mol. The SMILES string of the molecule is CCC(C#N)C1(c2ccc(Cl)cc2)COC1. The maximum absolute atomic E-state index is 9.21. The summed E-state index contributed by atoms with van der Waals surface area (Å²) in [6.07, 6.45) is 0.850. The molecular formula is C13H14ClNO. The van der Waals surface area contributed by atoms with Crippen LogP contribution in [0.5, 0.6) is 0 Å². The number of ether oxygens (including phenoxy) is 1. The Bertz CT molecular complexity index is 403. The summed E-state index contributed by atoms with van der Waals surface area (Å²) in [6.45, 7) is 3.32. The van der Waals surface area contributed by atoms with Gasteiger partial charge in [0.25, 0.3) is 0 Å². The highest BCUT2D eigenvalue weighted by atomic mass is 35.5. The van der Waals surface area contributed by atoms with Crippen LogP contribution in [0.25, 0.3) is 0 Å². The molecule has 0 saturated carbocycles. The molecular weight excluding hydrogens is 222 g/mol. The van der Waals surface area contributed by atoms with Crippen LogP contribution in [0.3, 0.4) is 0 Å². The van der Waals surface area contributed by atoms with E-state index < -0.39 is 0 Å². The average Bonchev–Trinajstić information content (AvgIpc) is 2.25. The third-order valence-electron chi connectivity index (χ3n) is 3.37. The molecule has 0 N–H and O–H groups in total. The van der Waals surface area contributed by atoms with Gasteiger partial charge in [-0.05, 0) is 24.1 Å². The Hall–Kier alpha value is -1.04. The van der Waals surface area contributed by atoms with Gasteiger partial charge in [0.15, 0.2) is 0 Å². The fraction of sp³-hybridized carbons (Fsp3) is 0.462. The molecule has 1 heterocycles. The second kappa shape index (κ2) is 4.45. The number of nitrogens with zero attached hydrogens (tertiary/aromatic N) is 1. The van der Waals surface area contributed by atoms with Crippen LogP contribution in [-0.4, -0.2) is 13.2 Å². The number of nitriles is 1. The van der Waals surface area contributed by atoms with E-state index in [4.69, 9.17) is 16.3 Å². The number of rotatable bonds is 3. The first-order chi connectivity index (χ1) is 7.73. The van der Waals surface area contributed by atoms with Crippen LogP contribution in [0.4, 0.5) is 0 Å². The van der Waals surface area contributed by atoms with Crippen molar-refractivity contribution in [1.82, 2.24) is 0 Å². The summed E-state index contributed by atoms with van der Waals surface area (Å²) < 4.78 is 5.32. The second-order valence-electron chi connectivity index (χ2n) is 4.25. The van der Waals surface area contributed by atoms with Crippen molar-refractivity contribution >= 4 is 11.6 Å². The molecule has 0 aliphatic carbocycles. The molecule has 0 aromatic heterocycles. The lowest BCUT2D eigenvalue weighted by atomic mass is 9.68. The van der Waals surface area contributed by atoms with Crippen molar-refractivity contribution in [2.75, 3.05) is 13.2 Å². The Morgan fingerprint density at radius 3 is 2.44 bits per heavy atom. The largest absolute Gasteiger partial charge is 0.379 e.